The van der Waals surface area contributed by atoms with Crippen molar-refractivity contribution in [3.05, 3.63) is 41.4 Å². The van der Waals surface area contributed by atoms with Gasteiger partial charge in [0.15, 0.2) is 0 Å². The number of aryl methyl sites for hydroxylation is 1. The van der Waals surface area contributed by atoms with Crippen molar-refractivity contribution in [2.75, 3.05) is 0 Å². The summed E-state index contributed by atoms with van der Waals surface area (Å²) in [6.07, 6.45) is 16.4. The van der Waals surface area contributed by atoms with Crippen molar-refractivity contribution < 1.29 is 25.8 Å². The van der Waals surface area contributed by atoms with Crippen LogP contribution in [0.5, 0.6) is 0 Å². The summed E-state index contributed by atoms with van der Waals surface area (Å²) in [6, 6.07) is 3.82. The van der Waals surface area contributed by atoms with Gasteiger partial charge in [-0.05, 0) is 37.1 Å². The molecule has 0 saturated heterocycles. The smallest absolute Gasteiger partial charge is 0.359 e. The Kier molecular flexibility index (Phi) is 9.20. The van der Waals surface area contributed by atoms with E-state index in [-0.39, 0.29) is 0 Å². The second-order valence-corrected chi connectivity index (χ2v) is 8.89. The molecule has 0 radical (unpaired) electrons. The molecule has 0 atom stereocenters. The molecule has 1 aromatic rings. The molecule has 1 aromatic heterocycles. The van der Waals surface area contributed by atoms with Gasteiger partial charge in [0.1, 0.15) is 0 Å². The third-order valence-corrected chi connectivity index (χ3v) is 5.69. The maximum absolute atomic E-state index is 12.4. The maximum Gasteiger partial charge on any atom is 0.534 e. The summed E-state index contributed by atoms with van der Waals surface area (Å²) in [7, 11) is -5.71. The average molecular weight is 447 g/mol. The van der Waals surface area contributed by atoms with Gasteiger partial charge in [0.2, 0.25) is 5.90 Å². The summed E-state index contributed by atoms with van der Waals surface area (Å²) >= 11 is 0. The van der Waals surface area contributed by atoms with Gasteiger partial charge in [0, 0.05) is 17.5 Å². The molecular weight excluding hydrogens is 417 g/mol. The fraction of sp³-hybridized carbons (Fsp3) is 0.571. The first-order chi connectivity index (χ1) is 14.2. The van der Waals surface area contributed by atoms with E-state index in [1.165, 1.54) is 57.4 Å². The van der Waals surface area contributed by atoms with E-state index < -0.39 is 21.5 Å². The summed E-state index contributed by atoms with van der Waals surface area (Å²) in [4.78, 5) is 6.99. The topological polar surface area (TPSA) is 71.5 Å². The Morgan fingerprint density at radius 2 is 1.63 bits per heavy atom. The molecule has 0 aliphatic carbocycles. The zero-order valence-corrected chi connectivity index (χ0v) is 18.0. The third-order valence-electron chi connectivity index (χ3n) is 4.74. The zero-order valence-electron chi connectivity index (χ0n) is 17.2. The lowest BCUT2D eigenvalue weighted by molar-refractivity contribution is -0.0504. The number of hydrogen-bond donors (Lipinski definition) is 1. The number of nitrogens with zero attached hydrogens (tertiary/aromatic N) is 1. The standard InChI is InChI=1S/C21H29F3N2O3S/c1-2-3-4-5-6-7-8-9-10-11-17-12-13-18(25-17)16-19-14-15-20(26-19)29-30(27,28)21(22,23)24/h12-16,25H,2-11H2,1H3/b19-16-. The molecule has 30 heavy (non-hydrogen) atoms. The molecule has 0 spiro atoms. The first kappa shape index (κ1) is 24.2. The number of aromatic nitrogens is 1. The van der Waals surface area contributed by atoms with Crippen LogP contribution in [0.25, 0.3) is 6.08 Å². The maximum atomic E-state index is 12.4. The van der Waals surface area contributed by atoms with Crippen molar-refractivity contribution in [3.63, 3.8) is 0 Å². The van der Waals surface area contributed by atoms with Crippen LogP contribution < -0.4 is 0 Å². The van der Waals surface area contributed by atoms with Crippen LogP contribution in [0, 0.1) is 0 Å². The largest absolute Gasteiger partial charge is 0.534 e. The molecule has 0 bridgehead atoms. The Labute approximate surface area is 176 Å². The number of halogens is 3. The average Bonchev–Trinajstić information content (AvgIpc) is 3.29. The van der Waals surface area contributed by atoms with Crippen molar-refractivity contribution >= 4 is 22.1 Å². The number of unbranched alkanes of at least 4 members (excludes halogenated alkanes) is 8. The molecular formula is C21H29F3N2O3S. The first-order valence-corrected chi connectivity index (χ1v) is 11.8. The highest BCUT2D eigenvalue weighted by Crippen LogP contribution is 2.26. The van der Waals surface area contributed by atoms with Crippen LogP contribution in [0.1, 0.15) is 76.1 Å². The van der Waals surface area contributed by atoms with Gasteiger partial charge in [-0.25, -0.2) is 4.99 Å². The van der Waals surface area contributed by atoms with Crippen molar-refractivity contribution in [1.82, 2.24) is 4.98 Å². The van der Waals surface area contributed by atoms with E-state index >= 15 is 0 Å². The van der Waals surface area contributed by atoms with Crippen LogP contribution in [0.2, 0.25) is 0 Å². The van der Waals surface area contributed by atoms with E-state index in [4.69, 9.17) is 0 Å². The van der Waals surface area contributed by atoms with Gasteiger partial charge < -0.3 is 9.17 Å². The number of nitrogens with one attached hydrogen (secondary N) is 1. The number of rotatable bonds is 12. The minimum Gasteiger partial charge on any atom is -0.359 e. The van der Waals surface area contributed by atoms with Crippen LogP contribution in [0.15, 0.2) is 35.0 Å². The van der Waals surface area contributed by atoms with E-state index in [9.17, 15) is 21.6 Å². The van der Waals surface area contributed by atoms with Gasteiger partial charge in [0.25, 0.3) is 0 Å². The van der Waals surface area contributed by atoms with Crippen molar-refractivity contribution in [3.8, 4) is 0 Å². The number of aromatic amines is 1. The predicted octanol–water partition coefficient (Wildman–Crippen LogP) is 6.26. The minimum absolute atomic E-state index is 0.304. The van der Waals surface area contributed by atoms with Crippen molar-refractivity contribution in [2.45, 2.75) is 76.6 Å². The molecule has 0 unspecified atom stereocenters. The normalized spacial score (nSPS) is 15.7. The first-order valence-electron chi connectivity index (χ1n) is 10.4. The minimum atomic E-state index is -5.71. The number of allylic oxidation sites excluding steroid dienone is 1. The van der Waals surface area contributed by atoms with E-state index in [1.54, 1.807) is 6.08 Å². The molecule has 1 aliphatic heterocycles. The number of H-pyrrole nitrogens is 1. The highest BCUT2D eigenvalue weighted by atomic mass is 32.2. The van der Waals surface area contributed by atoms with Crippen molar-refractivity contribution in [1.29, 1.82) is 0 Å². The fourth-order valence-corrected chi connectivity index (χ4v) is 3.53. The van der Waals surface area contributed by atoms with Crippen LogP contribution in [0.3, 0.4) is 0 Å². The van der Waals surface area contributed by atoms with Gasteiger partial charge in [-0.2, -0.15) is 21.6 Å². The van der Waals surface area contributed by atoms with Crippen LogP contribution in [0.4, 0.5) is 13.2 Å². The van der Waals surface area contributed by atoms with Gasteiger partial charge in [0.05, 0.1) is 5.70 Å². The molecule has 0 aromatic carbocycles. The SMILES string of the molecule is CCCCCCCCCCCc1ccc(/C=C2/C=CC(OS(=O)(=O)C(F)(F)F)=N2)[nH]1. The Hall–Kier alpha value is -2.03. The van der Waals surface area contributed by atoms with Crippen LogP contribution >= 0.6 is 0 Å². The van der Waals surface area contributed by atoms with Crippen LogP contribution in [-0.2, 0) is 20.7 Å². The number of alkyl halides is 3. The van der Waals surface area contributed by atoms with Crippen LogP contribution in [-0.4, -0.2) is 24.8 Å². The van der Waals surface area contributed by atoms with Gasteiger partial charge in [-0.3, -0.25) is 0 Å². The Balaban J connectivity index is 1.74. The van der Waals surface area contributed by atoms with E-state index in [1.807, 2.05) is 12.1 Å². The quantitative estimate of drug-likeness (QED) is 0.234. The monoisotopic (exact) mass is 446 g/mol. The second kappa shape index (κ2) is 11.4. The van der Waals surface area contributed by atoms with E-state index in [2.05, 4.69) is 21.1 Å². The Morgan fingerprint density at radius 3 is 2.27 bits per heavy atom. The van der Waals surface area contributed by atoms with Crippen molar-refractivity contribution in [2.24, 2.45) is 4.99 Å². The summed E-state index contributed by atoms with van der Waals surface area (Å²) < 4.78 is 63.1. The number of aliphatic imine (C=N–C) groups is 1. The zero-order chi connectivity index (χ0) is 22.0. The Bertz CT molecular complexity index is 868. The Morgan fingerprint density at radius 1 is 1.00 bits per heavy atom. The van der Waals surface area contributed by atoms with E-state index in [0.29, 0.717) is 5.70 Å². The molecule has 0 saturated carbocycles. The van der Waals surface area contributed by atoms with Gasteiger partial charge >= 0.3 is 15.6 Å². The summed E-state index contributed by atoms with van der Waals surface area (Å²) in [5, 5.41) is 0. The lowest BCUT2D eigenvalue weighted by Crippen LogP contribution is -2.27. The lowest BCUT2D eigenvalue weighted by atomic mass is 10.1. The molecule has 5 nitrogen and oxygen atoms in total. The molecule has 9 heteroatoms. The fourth-order valence-electron chi connectivity index (χ4n) is 3.12. The molecule has 168 valence electrons. The predicted molar refractivity (Wildman–Crippen MR) is 112 cm³/mol. The highest BCUT2D eigenvalue weighted by molar-refractivity contribution is 7.88. The summed E-state index contributed by atoms with van der Waals surface area (Å²) in [5.74, 6) is -0.611. The molecule has 1 N–H and O–H groups in total. The lowest BCUT2D eigenvalue weighted by Gasteiger charge is -2.07. The molecule has 2 rings (SSSR count). The molecule has 2 heterocycles. The summed E-state index contributed by atoms with van der Waals surface area (Å²) in [5.41, 5.74) is -3.37. The number of hydrogen-bond acceptors (Lipinski definition) is 4. The summed E-state index contributed by atoms with van der Waals surface area (Å²) in [6.45, 7) is 2.22. The van der Waals surface area contributed by atoms with E-state index in [0.717, 1.165) is 30.3 Å². The second-order valence-electron chi connectivity index (χ2n) is 7.35. The molecule has 0 amide bonds. The van der Waals surface area contributed by atoms with Gasteiger partial charge in [-0.15, -0.1) is 0 Å². The molecule has 0 fully saturated rings. The molecule has 1 aliphatic rings. The third kappa shape index (κ3) is 8.01. The van der Waals surface area contributed by atoms with Gasteiger partial charge in [-0.1, -0.05) is 58.3 Å². The highest BCUT2D eigenvalue weighted by Gasteiger charge is 2.49.